The van der Waals surface area contributed by atoms with Gasteiger partial charge in [0, 0.05) is 25.5 Å². The highest BCUT2D eigenvalue weighted by molar-refractivity contribution is 5.90. The minimum atomic E-state index is -0.580. The van der Waals surface area contributed by atoms with Crippen molar-refractivity contribution < 1.29 is 14.3 Å². The molecule has 6 heteroatoms. The molecule has 0 unspecified atom stereocenters. The van der Waals surface area contributed by atoms with Crippen LogP contribution in [0.25, 0.3) is 0 Å². The number of amides is 2. The third-order valence-corrected chi connectivity index (χ3v) is 3.91. The number of carbonyl (C=O) groups is 2. The highest BCUT2D eigenvalue weighted by Gasteiger charge is 2.35. The number of hydrogen-bond acceptors (Lipinski definition) is 4. The molecule has 0 saturated carbocycles. The molecule has 2 heterocycles. The van der Waals surface area contributed by atoms with Crippen molar-refractivity contribution in [3.63, 3.8) is 0 Å². The van der Waals surface area contributed by atoms with Crippen LogP contribution in [0.15, 0.2) is 24.5 Å². The second-order valence-corrected chi connectivity index (χ2v) is 6.28. The lowest BCUT2D eigenvalue weighted by Gasteiger charge is -2.37. The van der Waals surface area contributed by atoms with Gasteiger partial charge in [0.15, 0.2) is 0 Å². The molecule has 0 aromatic carbocycles. The van der Waals surface area contributed by atoms with Crippen LogP contribution in [0.2, 0.25) is 0 Å². The van der Waals surface area contributed by atoms with Gasteiger partial charge in [0.25, 0.3) is 5.91 Å². The van der Waals surface area contributed by atoms with E-state index in [9.17, 15) is 9.59 Å². The second kappa shape index (κ2) is 8.06. The van der Waals surface area contributed by atoms with Crippen LogP contribution in [0.5, 0.6) is 0 Å². The number of nitrogens with one attached hydrogen (secondary N) is 1. The van der Waals surface area contributed by atoms with Crippen molar-refractivity contribution >= 4 is 11.8 Å². The molecular formula is C17H25N3O3. The molecule has 126 valence electrons. The standard InChI is InChI=1S/C17H25N3O3/c1-12(2)10-15-16(21)19-8-9-20(15)17(22)13(3)23-11-14-4-6-18-7-5-14/h4-7,12-13,15H,8-11H2,1-3H3,(H,19,21)/t13-,15-/m1/s1. The number of nitrogens with zero attached hydrogens (tertiary/aromatic N) is 2. The van der Waals surface area contributed by atoms with E-state index >= 15 is 0 Å². The first-order valence-electron chi connectivity index (χ1n) is 8.07. The van der Waals surface area contributed by atoms with Crippen molar-refractivity contribution in [1.29, 1.82) is 0 Å². The summed E-state index contributed by atoms with van der Waals surface area (Å²) in [6.07, 6.45) is 3.47. The number of hydrogen-bond donors (Lipinski definition) is 1. The summed E-state index contributed by atoms with van der Waals surface area (Å²) in [4.78, 5) is 30.4. The minimum absolute atomic E-state index is 0.0698. The van der Waals surface area contributed by atoms with E-state index in [1.807, 2.05) is 26.0 Å². The Morgan fingerprint density at radius 3 is 2.74 bits per heavy atom. The van der Waals surface area contributed by atoms with Crippen LogP contribution in [0, 0.1) is 5.92 Å². The van der Waals surface area contributed by atoms with Gasteiger partial charge in [-0.1, -0.05) is 13.8 Å². The molecule has 1 saturated heterocycles. The van der Waals surface area contributed by atoms with Crippen molar-refractivity contribution in [2.24, 2.45) is 5.92 Å². The van der Waals surface area contributed by atoms with Gasteiger partial charge in [0.1, 0.15) is 12.1 Å². The van der Waals surface area contributed by atoms with Gasteiger partial charge in [-0.2, -0.15) is 0 Å². The topological polar surface area (TPSA) is 71.5 Å². The highest BCUT2D eigenvalue weighted by atomic mass is 16.5. The van der Waals surface area contributed by atoms with E-state index in [-0.39, 0.29) is 11.8 Å². The zero-order chi connectivity index (χ0) is 16.8. The summed E-state index contributed by atoms with van der Waals surface area (Å²) in [6, 6.07) is 3.31. The summed E-state index contributed by atoms with van der Waals surface area (Å²) >= 11 is 0. The Bertz CT molecular complexity index is 533. The molecule has 0 aliphatic carbocycles. The zero-order valence-electron chi connectivity index (χ0n) is 14.0. The third kappa shape index (κ3) is 4.76. The maximum absolute atomic E-state index is 12.7. The normalized spacial score (nSPS) is 19.6. The van der Waals surface area contributed by atoms with E-state index in [2.05, 4.69) is 10.3 Å². The largest absolute Gasteiger partial charge is 0.364 e. The summed E-state index contributed by atoms with van der Waals surface area (Å²) in [7, 11) is 0. The molecule has 1 aromatic rings. The van der Waals surface area contributed by atoms with Crippen LogP contribution < -0.4 is 5.32 Å². The van der Waals surface area contributed by atoms with Crippen molar-refractivity contribution in [3.8, 4) is 0 Å². The predicted octanol–water partition coefficient (Wildman–Crippen LogP) is 1.36. The van der Waals surface area contributed by atoms with Crippen molar-refractivity contribution in [2.45, 2.75) is 45.9 Å². The lowest BCUT2D eigenvalue weighted by Crippen LogP contribution is -2.59. The summed E-state index contributed by atoms with van der Waals surface area (Å²) < 4.78 is 5.68. The molecule has 0 radical (unpaired) electrons. The van der Waals surface area contributed by atoms with Gasteiger partial charge in [-0.05, 0) is 37.0 Å². The van der Waals surface area contributed by atoms with Crippen LogP contribution in [0.3, 0.4) is 0 Å². The van der Waals surface area contributed by atoms with Crippen LogP contribution in [0.1, 0.15) is 32.8 Å². The predicted molar refractivity (Wildman–Crippen MR) is 86.5 cm³/mol. The molecule has 1 aliphatic rings. The van der Waals surface area contributed by atoms with E-state index < -0.39 is 12.1 Å². The molecule has 1 fully saturated rings. The first-order valence-corrected chi connectivity index (χ1v) is 8.07. The summed E-state index contributed by atoms with van der Waals surface area (Å²) in [5, 5.41) is 2.84. The fraction of sp³-hybridized carbons (Fsp3) is 0.588. The van der Waals surface area contributed by atoms with Gasteiger partial charge in [-0.25, -0.2) is 0 Å². The molecule has 1 aliphatic heterocycles. The molecule has 2 rings (SSSR count). The van der Waals surface area contributed by atoms with Crippen LogP contribution in [-0.2, 0) is 20.9 Å². The number of piperazine rings is 1. The average molecular weight is 319 g/mol. The van der Waals surface area contributed by atoms with E-state index in [0.717, 1.165) is 5.56 Å². The molecular weight excluding hydrogens is 294 g/mol. The summed E-state index contributed by atoms with van der Waals surface area (Å²) in [5.74, 6) is 0.145. The minimum Gasteiger partial charge on any atom is -0.364 e. The second-order valence-electron chi connectivity index (χ2n) is 6.28. The Labute approximate surface area is 137 Å². The van der Waals surface area contributed by atoms with Crippen LogP contribution >= 0.6 is 0 Å². The maximum Gasteiger partial charge on any atom is 0.252 e. The summed E-state index contributed by atoms with van der Waals surface area (Å²) in [5.41, 5.74) is 0.967. The first kappa shape index (κ1) is 17.4. The lowest BCUT2D eigenvalue weighted by molar-refractivity contribution is -0.152. The number of carbonyl (C=O) groups excluding carboxylic acids is 2. The smallest absolute Gasteiger partial charge is 0.252 e. The van der Waals surface area contributed by atoms with E-state index in [4.69, 9.17) is 4.74 Å². The van der Waals surface area contributed by atoms with Crippen LogP contribution in [0.4, 0.5) is 0 Å². The molecule has 6 nitrogen and oxygen atoms in total. The Balaban J connectivity index is 1.97. The fourth-order valence-electron chi connectivity index (χ4n) is 2.66. The number of aromatic nitrogens is 1. The quantitative estimate of drug-likeness (QED) is 0.859. The number of ether oxygens (including phenoxy) is 1. The third-order valence-electron chi connectivity index (χ3n) is 3.91. The van der Waals surface area contributed by atoms with Gasteiger partial charge >= 0.3 is 0 Å². The molecule has 0 bridgehead atoms. The van der Waals surface area contributed by atoms with E-state index in [0.29, 0.717) is 32.0 Å². The number of rotatable bonds is 6. The van der Waals surface area contributed by atoms with Crippen molar-refractivity contribution in [3.05, 3.63) is 30.1 Å². The monoisotopic (exact) mass is 319 g/mol. The number of pyridine rings is 1. The average Bonchev–Trinajstić information content (AvgIpc) is 2.54. The Morgan fingerprint density at radius 1 is 1.39 bits per heavy atom. The SMILES string of the molecule is CC(C)C[C@@H]1C(=O)NCCN1C(=O)[C@@H](C)OCc1ccncc1. The molecule has 2 atom stereocenters. The lowest BCUT2D eigenvalue weighted by atomic mass is 9.99. The van der Waals surface area contributed by atoms with Gasteiger partial charge in [-0.15, -0.1) is 0 Å². The van der Waals surface area contributed by atoms with Gasteiger partial charge < -0.3 is 15.0 Å². The Kier molecular flexibility index (Phi) is 6.10. The van der Waals surface area contributed by atoms with E-state index in [1.54, 1.807) is 24.2 Å². The first-order chi connectivity index (χ1) is 11.0. The molecule has 1 aromatic heterocycles. The van der Waals surface area contributed by atoms with E-state index in [1.165, 1.54) is 0 Å². The highest BCUT2D eigenvalue weighted by Crippen LogP contribution is 2.17. The van der Waals surface area contributed by atoms with Crippen molar-refractivity contribution in [1.82, 2.24) is 15.2 Å². The Hall–Kier alpha value is -1.95. The Morgan fingerprint density at radius 2 is 2.09 bits per heavy atom. The molecule has 23 heavy (non-hydrogen) atoms. The van der Waals surface area contributed by atoms with Gasteiger partial charge in [0.2, 0.25) is 5.91 Å². The fourth-order valence-corrected chi connectivity index (χ4v) is 2.66. The maximum atomic E-state index is 12.7. The molecule has 1 N–H and O–H groups in total. The summed E-state index contributed by atoms with van der Waals surface area (Å²) in [6.45, 7) is 7.22. The zero-order valence-corrected chi connectivity index (χ0v) is 14.0. The van der Waals surface area contributed by atoms with Gasteiger partial charge in [-0.3, -0.25) is 14.6 Å². The van der Waals surface area contributed by atoms with Crippen molar-refractivity contribution in [2.75, 3.05) is 13.1 Å². The molecule has 0 spiro atoms. The molecule has 2 amide bonds. The van der Waals surface area contributed by atoms with Gasteiger partial charge in [0.05, 0.1) is 6.61 Å². The van der Waals surface area contributed by atoms with Crippen LogP contribution in [-0.4, -0.2) is 46.9 Å².